The third-order valence-corrected chi connectivity index (χ3v) is 4.48. The van der Waals surface area contributed by atoms with E-state index in [4.69, 9.17) is 9.47 Å². The third-order valence-electron chi connectivity index (χ3n) is 4.48. The van der Waals surface area contributed by atoms with E-state index in [1.54, 1.807) is 12.1 Å². The highest BCUT2D eigenvalue weighted by Crippen LogP contribution is 2.26. The fourth-order valence-electron chi connectivity index (χ4n) is 3.40. The molecule has 6 nitrogen and oxygen atoms in total. The summed E-state index contributed by atoms with van der Waals surface area (Å²) in [5.41, 5.74) is 0.966. The Kier molecular flexibility index (Phi) is 5.75. The van der Waals surface area contributed by atoms with Gasteiger partial charge in [0.25, 0.3) is 0 Å². The number of amides is 2. The van der Waals surface area contributed by atoms with Crippen LogP contribution in [0.4, 0.5) is 20.6 Å². The maximum Gasteiger partial charge on any atom is 0.319 e. The Morgan fingerprint density at radius 3 is 2.72 bits per heavy atom. The van der Waals surface area contributed by atoms with E-state index in [9.17, 15) is 9.18 Å². The zero-order chi connectivity index (χ0) is 17.8. The number of hydrogen-bond acceptors (Lipinski definition) is 4. The summed E-state index contributed by atoms with van der Waals surface area (Å²) in [4.78, 5) is 13.9. The monoisotopic (exact) mass is 351 g/mol. The molecule has 0 aliphatic carbocycles. The molecule has 1 aromatic carbocycles. The Hall–Kier alpha value is -1.86. The van der Waals surface area contributed by atoms with Crippen LogP contribution in [0.3, 0.4) is 0 Å². The zero-order valence-corrected chi connectivity index (χ0v) is 14.8. The topological polar surface area (TPSA) is 62.8 Å². The van der Waals surface area contributed by atoms with Crippen LogP contribution in [-0.2, 0) is 9.47 Å². The average Bonchev–Trinajstić information content (AvgIpc) is 3.05. The highest BCUT2D eigenvalue weighted by Gasteiger charge is 2.24. The van der Waals surface area contributed by atoms with E-state index in [0.29, 0.717) is 31.0 Å². The molecule has 1 aromatic rings. The normalized spacial score (nSPS) is 26.5. The summed E-state index contributed by atoms with van der Waals surface area (Å²) in [7, 11) is 0. The number of nitrogens with one attached hydrogen (secondary N) is 2. The summed E-state index contributed by atoms with van der Waals surface area (Å²) < 4.78 is 25.6. The van der Waals surface area contributed by atoms with Gasteiger partial charge in [0.2, 0.25) is 0 Å². The van der Waals surface area contributed by atoms with E-state index in [2.05, 4.69) is 10.6 Å². The number of carbonyl (C=O) groups is 1. The van der Waals surface area contributed by atoms with E-state index in [1.807, 2.05) is 18.7 Å². The lowest BCUT2D eigenvalue weighted by atomic mass is 10.2. The second-order valence-corrected chi connectivity index (χ2v) is 6.80. The molecular weight excluding hydrogens is 325 g/mol. The molecule has 25 heavy (non-hydrogen) atoms. The van der Waals surface area contributed by atoms with Crippen LogP contribution >= 0.6 is 0 Å². The maximum atomic E-state index is 14.5. The number of hydrogen-bond donors (Lipinski definition) is 2. The Balaban J connectivity index is 1.56. The van der Waals surface area contributed by atoms with Gasteiger partial charge >= 0.3 is 6.03 Å². The quantitative estimate of drug-likeness (QED) is 0.876. The average molecular weight is 351 g/mol. The molecule has 138 valence electrons. The summed E-state index contributed by atoms with van der Waals surface area (Å²) >= 11 is 0. The number of benzene rings is 1. The van der Waals surface area contributed by atoms with Crippen molar-refractivity contribution in [3.63, 3.8) is 0 Å². The fraction of sp³-hybridized carbons (Fsp3) is 0.611. The van der Waals surface area contributed by atoms with Crippen molar-refractivity contribution < 1.29 is 18.7 Å². The molecule has 0 unspecified atom stereocenters. The van der Waals surface area contributed by atoms with Crippen molar-refractivity contribution in [1.82, 2.24) is 5.32 Å². The van der Waals surface area contributed by atoms with E-state index in [1.165, 1.54) is 6.07 Å². The first kappa shape index (κ1) is 17.9. The zero-order valence-electron chi connectivity index (χ0n) is 14.8. The highest BCUT2D eigenvalue weighted by molar-refractivity contribution is 5.89. The van der Waals surface area contributed by atoms with Crippen LogP contribution < -0.4 is 15.5 Å². The van der Waals surface area contributed by atoms with Gasteiger partial charge in [0.05, 0.1) is 24.0 Å². The molecule has 0 aromatic heterocycles. The van der Waals surface area contributed by atoms with Crippen LogP contribution in [0.2, 0.25) is 0 Å². The second-order valence-electron chi connectivity index (χ2n) is 6.80. The standard InChI is InChI=1S/C18H26FN3O3/c1-12-10-22(11-13(2)25-12)17-6-5-14(8-16(17)19)21-18(23)20-9-15-4-3-7-24-15/h5-6,8,12-13,15H,3-4,7,9-11H2,1-2H3,(H2,20,21,23)/t12-,13+,15-/m0/s1. The van der Waals surface area contributed by atoms with Crippen LogP contribution in [0.15, 0.2) is 18.2 Å². The van der Waals surface area contributed by atoms with Crippen LogP contribution in [0.25, 0.3) is 0 Å². The van der Waals surface area contributed by atoms with Crippen molar-refractivity contribution in [2.24, 2.45) is 0 Å². The largest absolute Gasteiger partial charge is 0.376 e. The molecule has 2 aliphatic rings. The molecule has 2 heterocycles. The summed E-state index contributed by atoms with van der Waals surface area (Å²) in [6, 6.07) is 4.42. The van der Waals surface area contributed by atoms with Gasteiger partial charge in [-0.2, -0.15) is 0 Å². The van der Waals surface area contributed by atoms with Gasteiger partial charge in [-0.15, -0.1) is 0 Å². The molecule has 2 amide bonds. The molecule has 0 spiro atoms. The van der Waals surface area contributed by atoms with Crippen molar-refractivity contribution >= 4 is 17.4 Å². The first-order valence-corrected chi connectivity index (χ1v) is 8.87. The molecule has 2 fully saturated rings. The third kappa shape index (κ3) is 4.83. The van der Waals surface area contributed by atoms with Crippen LogP contribution in [0.5, 0.6) is 0 Å². The lowest BCUT2D eigenvalue weighted by Crippen LogP contribution is -2.45. The highest BCUT2D eigenvalue weighted by atomic mass is 19.1. The van der Waals surface area contributed by atoms with Crippen molar-refractivity contribution in [2.75, 3.05) is 36.5 Å². The summed E-state index contributed by atoms with van der Waals surface area (Å²) in [5.74, 6) is -0.349. The van der Waals surface area contributed by atoms with Gasteiger partial charge in [-0.05, 0) is 44.9 Å². The number of ether oxygens (including phenoxy) is 2. The van der Waals surface area contributed by atoms with Gasteiger partial charge in [0.1, 0.15) is 5.82 Å². The van der Waals surface area contributed by atoms with Gasteiger partial charge < -0.3 is 25.0 Å². The van der Waals surface area contributed by atoms with Crippen LogP contribution in [0, 0.1) is 5.82 Å². The lowest BCUT2D eigenvalue weighted by molar-refractivity contribution is -0.00539. The maximum absolute atomic E-state index is 14.5. The summed E-state index contributed by atoms with van der Waals surface area (Å²) in [6.07, 6.45) is 2.18. The molecule has 7 heteroatoms. The SMILES string of the molecule is C[C@@H]1CN(c2ccc(NC(=O)NC[C@@H]3CCCO3)cc2F)C[C@H](C)O1. The number of anilines is 2. The Labute approximate surface area is 147 Å². The van der Waals surface area contributed by atoms with Gasteiger partial charge in [-0.3, -0.25) is 0 Å². The van der Waals surface area contributed by atoms with E-state index in [-0.39, 0.29) is 30.2 Å². The minimum absolute atomic E-state index is 0.0598. The Bertz CT molecular complexity index is 597. The first-order valence-electron chi connectivity index (χ1n) is 8.87. The number of urea groups is 1. The molecule has 3 atom stereocenters. The smallest absolute Gasteiger partial charge is 0.319 e. The molecular formula is C18H26FN3O3. The predicted octanol–water partition coefficient (Wildman–Crippen LogP) is 2.74. The summed E-state index contributed by atoms with van der Waals surface area (Å²) in [5, 5.41) is 5.42. The second kappa shape index (κ2) is 8.01. The number of nitrogens with zero attached hydrogens (tertiary/aromatic N) is 1. The molecule has 3 rings (SSSR count). The predicted molar refractivity (Wildman–Crippen MR) is 94.6 cm³/mol. The Morgan fingerprint density at radius 2 is 2.08 bits per heavy atom. The van der Waals surface area contributed by atoms with Crippen molar-refractivity contribution in [2.45, 2.75) is 45.0 Å². The van der Waals surface area contributed by atoms with E-state index >= 15 is 0 Å². The van der Waals surface area contributed by atoms with Gasteiger partial charge in [-0.25, -0.2) is 9.18 Å². The molecule has 2 aliphatic heterocycles. The molecule has 0 bridgehead atoms. The van der Waals surface area contributed by atoms with E-state index < -0.39 is 0 Å². The van der Waals surface area contributed by atoms with Gasteiger partial charge in [0, 0.05) is 31.9 Å². The molecule has 0 radical (unpaired) electrons. The van der Waals surface area contributed by atoms with Crippen LogP contribution in [0.1, 0.15) is 26.7 Å². The Morgan fingerprint density at radius 1 is 1.32 bits per heavy atom. The number of morpholine rings is 1. The minimum atomic E-state index is -0.351. The van der Waals surface area contributed by atoms with E-state index in [0.717, 1.165) is 19.4 Å². The lowest BCUT2D eigenvalue weighted by Gasteiger charge is -2.37. The molecule has 0 saturated carbocycles. The number of rotatable bonds is 4. The van der Waals surface area contributed by atoms with Gasteiger partial charge in [-0.1, -0.05) is 0 Å². The minimum Gasteiger partial charge on any atom is -0.376 e. The number of halogens is 1. The van der Waals surface area contributed by atoms with Crippen molar-refractivity contribution in [1.29, 1.82) is 0 Å². The van der Waals surface area contributed by atoms with Crippen molar-refractivity contribution in [3.05, 3.63) is 24.0 Å². The fourth-order valence-corrected chi connectivity index (χ4v) is 3.40. The van der Waals surface area contributed by atoms with Crippen LogP contribution in [-0.4, -0.2) is 50.6 Å². The van der Waals surface area contributed by atoms with Crippen molar-refractivity contribution in [3.8, 4) is 0 Å². The first-order chi connectivity index (χ1) is 12.0. The number of carbonyl (C=O) groups excluding carboxylic acids is 1. The molecule has 2 saturated heterocycles. The summed E-state index contributed by atoms with van der Waals surface area (Å²) in [6.45, 7) is 6.48. The van der Waals surface area contributed by atoms with Gasteiger partial charge in [0.15, 0.2) is 0 Å². The molecule has 2 N–H and O–H groups in total.